The second kappa shape index (κ2) is 6.40. The Hall–Kier alpha value is -3.54. The van der Waals surface area contributed by atoms with Crippen LogP contribution in [0.2, 0.25) is 0 Å². The molecule has 6 nitrogen and oxygen atoms in total. The van der Waals surface area contributed by atoms with E-state index in [1.165, 1.54) is 0 Å². The molecule has 0 bridgehead atoms. The van der Waals surface area contributed by atoms with Crippen molar-refractivity contribution in [3.8, 4) is 11.1 Å². The van der Waals surface area contributed by atoms with Gasteiger partial charge in [0.05, 0.1) is 11.9 Å². The molecule has 2 aromatic carbocycles. The van der Waals surface area contributed by atoms with Crippen molar-refractivity contribution in [1.29, 1.82) is 0 Å². The van der Waals surface area contributed by atoms with Crippen LogP contribution in [0.15, 0.2) is 60.8 Å². The molecule has 0 atom stereocenters. The minimum absolute atomic E-state index is 0.251. The maximum absolute atomic E-state index is 12.6. The molecule has 0 spiro atoms. The number of aryl methyl sites for hydroxylation is 2. The van der Waals surface area contributed by atoms with Gasteiger partial charge in [0, 0.05) is 11.3 Å². The second-order valence-corrected chi connectivity index (χ2v) is 6.11. The number of anilines is 1. The van der Waals surface area contributed by atoms with Gasteiger partial charge in [0.1, 0.15) is 0 Å². The van der Waals surface area contributed by atoms with Crippen LogP contribution < -0.4 is 5.32 Å². The molecule has 26 heavy (non-hydrogen) atoms. The highest BCUT2D eigenvalue weighted by atomic mass is 16.2. The van der Waals surface area contributed by atoms with Crippen molar-refractivity contribution in [3.63, 3.8) is 0 Å². The summed E-state index contributed by atoms with van der Waals surface area (Å²) in [5.41, 5.74) is 5.25. The Bertz CT molecular complexity index is 1080. The Labute approximate surface area is 150 Å². The van der Waals surface area contributed by atoms with Crippen LogP contribution in [0.4, 0.5) is 5.69 Å². The SMILES string of the molecule is Cc1ccc(NC(=O)c2nnc3c(-c4ccccc4)cnn3c2C)cc1. The van der Waals surface area contributed by atoms with Crippen LogP contribution in [0.3, 0.4) is 0 Å². The van der Waals surface area contributed by atoms with Crippen molar-refractivity contribution in [2.45, 2.75) is 13.8 Å². The van der Waals surface area contributed by atoms with Crippen LogP contribution in [-0.4, -0.2) is 25.7 Å². The zero-order valence-corrected chi connectivity index (χ0v) is 14.5. The number of carbonyl (C=O) groups is 1. The number of aromatic nitrogens is 4. The lowest BCUT2D eigenvalue weighted by atomic mass is 10.1. The van der Waals surface area contributed by atoms with Gasteiger partial charge in [-0.15, -0.1) is 10.2 Å². The van der Waals surface area contributed by atoms with Crippen LogP contribution in [-0.2, 0) is 0 Å². The maximum Gasteiger partial charge on any atom is 0.278 e. The van der Waals surface area contributed by atoms with E-state index in [0.717, 1.165) is 16.7 Å². The summed E-state index contributed by atoms with van der Waals surface area (Å²) in [6.45, 7) is 3.81. The lowest BCUT2D eigenvalue weighted by Gasteiger charge is -2.08. The summed E-state index contributed by atoms with van der Waals surface area (Å²) < 4.78 is 1.65. The van der Waals surface area contributed by atoms with E-state index in [2.05, 4.69) is 20.6 Å². The lowest BCUT2D eigenvalue weighted by Crippen LogP contribution is -2.18. The largest absolute Gasteiger partial charge is 0.321 e. The zero-order chi connectivity index (χ0) is 18.1. The molecular weight excluding hydrogens is 326 g/mol. The lowest BCUT2D eigenvalue weighted by molar-refractivity contribution is 0.102. The van der Waals surface area contributed by atoms with E-state index < -0.39 is 0 Å². The van der Waals surface area contributed by atoms with Crippen molar-refractivity contribution < 1.29 is 4.79 Å². The Kier molecular flexibility index (Phi) is 3.93. The fourth-order valence-electron chi connectivity index (χ4n) is 2.81. The number of benzene rings is 2. The molecule has 4 rings (SSSR count). The molecule has 2 heterocycles. The highest BCUT2D eigenvalue weighted by molar-refractivity contribution is 6.03. The Morgan fingerprint density at radius 2 is 1.69 bits per heavy atom. The summed E-state index contributed by atoms with van der Waals surface area (Å²) in [5.74, 6) is -0.308. The number of hydrogen-bond acceptors (Lipinski definition) is 4. The number of nitrogens with zero attached hydrogens (tertiary/aromatic N) is 4. The van der Waals surface area contributed by atoms with Gasteiger partial charge in [0.2, 0.25) is 0 Å². The summed E-state index contributed by atoms with van der Waals surface area (Å²) in [5, 5.41) is 15.6. The van der Waals surface area contributed by atoms with Crippen LogP contribution in [0.1, 0.15) is 21.7 Å². The van der Waals surface area contributed by atoms with Gasteiger partial charge in [-0.05, 0) is 31.5 Å². The number of hydrogen-bond donors (Lipinski definition) is 1. The van der Waals surface area contributed by atoms with E-state index in [0.29, 0.717) is 17.0 Å². The summed E-state index contributed by atoms with van der Waals surface area (Å²) >= 11 is 0. The molecule has 0 saturated heterocycles. The molecule has 2 aromatic heterocycles. The third-order valence-electron chi connectivity index (χ3n) is 4.26. The second-order valence-electron chi connectivity index (χ2n) is 6.11. The van der Waals surface area contributed by atoms with E-state index in [1.807, 2.05) is 68.4 Å². The van der Waals surface area contributed by atoms with E-state index in [9.17, 15) is 4.79 Å². The standard InChI is InChI=1S/C20H17N5O/c1-13-8-10-16(11-9-13)22-20(26)18-14(2)25-19(24-23-18)17(12-21-25)15-6-4-3-5-7-15/h3-12H,1-2H3,(H,22,26). The molecule has 1 amide bonds. The Morgan fingerprint density at radius 1 is 0.962 bits per heavy atom. The number of carbonyl (C=O) groups excluding carboxylic acids is 1. The van der Waals surface area contributed by atoms with Gasteiger partial charge in [-0.1, -0.05) is 48.0 Å². The molecule has 4 aromatic rings. The van der Waals surface area contributed by atoms with Crippen LogP contribution in [0.25, 0.3) is 16.8 Å². The van der Waals surface area contributed by atoms with Gasteiger partial charge >= 0.3 is 0 Å². The molecule has 0 aliphatic carbocycles. The molecule has 1 N–H and O–H groups in total. The predicted molar refractivity (Wildman–Crippen MR) is 100 cm³/mol. The monoisotopic (exact) mass is 343 g/mol. The van der Waals surface area contributed by atoms with Gasteiger partial charge in [-0.3, -0.25) is 4.79 Å². The predicted octanol–water partition coefficient (Wildman–Crippen LogP) is 3.66. The van der Waals surface area contributed by atoms with Gasteiger partial charge in [-0.25, -0.2) is 4.52 Å². The minimum Gasteiger partial charge on any atom is -0.321 e. The normalized spacial score (nSPS) is 10.8. The van der Waals surface area contributed by atoms with Crippen LogP contribution in [0, 0.1) is 13.8 Å². The summed E-state index contributed by atoms with van der Waals surface area (Å²) in [6.07, 6.45) is 1.74. The number of nitrogens with one attached hydrogen (secondary N) is 1. The first kappa shape index (κ1) is 16.0. The highest BCUT2D eigenvalue weighted by Crippen LogP contribution is 2.23. The number of fused-ring (bicyclic) bond motifs is 1. The van der Waals surface area contributed by atoms with Crippen molar-refractivity contribution in [2.75, 3.05) is 5.32 Å². The molecule has 0 aliphatic heterocycles. The fraction of sp³-hybridized carbons (Fsp3) is 0.100. The molecule has 0 unspecified atom stereocenters. The Balaban J connectivity index is 1.70. The first-order valence-electron chi connectivity index (χ1n) is 8.28. The van der Waals surface area contributed by atoms with Crippen LogP contribution >= 0.6 is 0 Å². The van der Waals surface area contributed by atoms with Crippen molar-refractivity contribution >= 4 is 17.2 Å². The van der Waals surface area contributed by atoms with Gasteiger partial charge in [0.15, 0.2) is 11.3 Å². The molecule has 6 heteroatoms. The molecule has 0 saturated carbocycles. The first-order valence-corrected chi connectivity index (χ1v) is 8.28. The van der Waals surface area contributed by atoms with Crippen molar-refractivity contribution in [3.05, 3.63) is 77.7 Å². The fourth-order valence-corrected chi connectivity index (χ4v) is 2.81. The first-order chi connectivity index (χ1) is 12.6. The molecular formula is C20H17N5O. The summed E-state index contributed by atoms with van der Waals surface area (Å²) in [7, 11) is 0. The molecule has 0 radical (unpaired) electrons. The van der Waals surface area contributed by atoms with E-state index >= 15 is 0 Å². The summed E-state index contributed by atoms with van der Waals surface area (Å²) in [4.78, 5) is 12.6. The van der Waals surface area contributed by atoms with Gasteiger partial charge in [0.25, 0.3) is 5.91 Å². The third kappa shape index (κ3) is 2.82. The third-order valence-corrected chi connectivity index (χ3v) is 4.26. The van der Waals surface area contributed by atoms with Gasteiger partial charge in [-0.2, -0.15) is 5.10 Å². The number of amides is 1. The smallest absolute Gasteiger partial charge is 0.278 e. The molecule has 128 valence electrons. The average Bonchev–Trinajstić information content (AvgIpc) is 3.09. The van der Waals surface area contributed by atoms with E-state index in [4.69, 9.17) is 0 Å². The molecule has 0 aliphatic rings. The maximum atomic E-state index is 12.6. The van der Waals surface area contributed by atoms with E-state index in [-0.39, 0.29) is 11.6 Å². The number of rotatable bonds is 3. The quantitative estimate of drug-likeness (QED) is 0.616. The molecule has 0 fully saturated rings. The van der Waals surface area contributed by atoms with Crippen LogP contribution in [0.5, 0.6) is 0 Å². The highest BCUT2D eigenvalue weighted by Gasteiger charge is 2.18. The van der Waals surface area contributed by atoms with Crippen molar-refractivity contribution in [1.82, 2.24) is 19.8 Å². The summed E-state index contributed by atoms with van der Waals surface area (Å²) in [6, 6.07) is 17.5. The van der Waals surface area contributed by atoms with Gasteiger partial charge < -0.3 is 5.32 Å². The minimum atomic E-state index is -0.308. The van der Waals surface area contributed by atoms with Crippen molar-refractivity contribution in [2.24, 2.45) is 0 Å². The average molecular weight is 343 g/mol. The topological polar surface area (TPSA) is 72.2 Å². The zero-order valence-electron chi connectivity index (χ0n) is 14.5. The van der Waals surface area contributed by atoms with E-state index in [1.54, 1.807) is 10.7 Å². The Morgan fingerprint density at radius 3 is 2.42 bits per heavy atom.